The van der Waals surface area contributed by atoms with Crippen LogP contribution in [0.3, 0.4) is 0 Å². The van der Waals surface area contributed by atoms with Crippen LogP contribution < -0.4 is 15.5 Å². The Balaban J connectivity index is 1.49. The lowest BCUT2D eigenvalue weighted by atomic mass is 9.98. The van der Waals surface area contributed by atoms with Gasteiger partial charge in [0.05, 0.1) is 30.1 Å². The van der Waals surface area contributed by atoms with Gasteiger partial charge in [-0.2, -0.15) is 0 Å². The lowest BCUT2D eigenvalue weighted by Gasteiger charge is -2.29. The largest absolute Gasteiger partial charge is 0.378 e. The third kappa shape index (κ3) is 3.67. The zero-order chi connectivity index (χ0) is 20.3. The van der Waals surface area contributed by atoms with Gasteiger partial charge in [0.15, 0.2) is 0 Å². The molecule has 5 rings (SSSR count). The number of morpholine rings is 1. The molecule has 0 bridgehead atoms. The van der Waals surface area contributed by atoms with Gasteiger partial charge in [-0.25, -0.2) is 9.97 Å². The number of nitrogens with one attached hydrogen (secondary N) is 2. The Morgan fingerprint density at radius 1 is 1.20 bits per heavy atom. The summed E-state index contributed by atoms with van der Waals surface area (Å²) in [6.07, 6.45) is 4.66. The van der Waals surface area contributed by atoms with E-state index in [-0.39, 0.29) is 0 Å². The fourth-order valence-electron chi connectivity index (χ4n) is 3.75. The summed E-state index contributed by atoms with van der Waals surface area (Å²) in [5, 5.41) is 8.48. The SMILES string of the molecule is O=CC1NC=Cc2cc(-c3cscn3)nc(Nc3ccc(N4CCOCC4)cc3)c21. The number of ether oxygens (including phenoxy) is 1. The molecule has 152 valence electrons. The van der Waals surface area contributed by atoms with Crippen LogP contribution in [0, 0.1) is 0 Å². The lowest BCUT2D eigenvalue weighted by Crippen LogP contribution is -2.36. The molecule has 1 atom stereocenters. The van der Waals surface area contributed by atoms with Crippen molar-refractivity contribution >= 4 is 40.9 Å². The van der Waals surface area contributed by atoms with Gasteiger partial charge in [-0.3, -0.25) is 0 Å². The minimum atomic E-state index is -0.447. The second kappa shape index (κ2) is 8.25. The van der Waals surface area contributed by atoms with E-state index in [1.54, 1.807) is 11.7 Å². The average molecular weight is 420 g/mol. The highest BCUT2D eigenvalue weighted by Crippen LogP contribution is 2.34. The molecule has 7 nitrogen and oxygen atoms in total. The van der Waals surface area contributed by atoms with Crippen LogP contribution >= 0.6 is 11.3 Å². The van der Waals surface area contributed by atoms with E-state index in [4.69, 9.17) is 9.72 Å². The molecule has 0 spiro atoms. The third-order valence-corrected chi connectivity index (χ3v) is 5.86. The number of anilines is 3. The molecular weight excluding hydrogens is 398 g/mol. The smallest absolute Gasteiger partial charge is 0.146 e. The number of fused-ring (bicyclic) bond motifs is 1. The number of aldehydes is 1. The van der Waals surface area contributed by atoms with Crippen molar-refractivity contribution in [3.63, 3.8) is 0 Å². The molecule has 8 heteroatoms. The van der Waals surface area contributed by atoms with Crippen LogP contribution in [-0.2, 0) is 9.53 Å². The van der Waals surface area contributed by atoms with Gasteiger partial charge in [-0.1, -0.05) is 0 Å². The van der Waals surface area contributed by atoms with E-state index in [2.05, 4.69) is 32.7 Å². The highest BCUT2D eigenvalue weighted by molar-refractivity contribution is 7.07. The standard InChI is InChI=1S/C22H21N5O2S/c28-12-19-21-15(5-6-23-19)11-18(20-13-30-14-24-20)26-22(21)25-16-1-3-17(4-2-16)27-7-9-29-10-8-27/h1-6,11-14,19,23H,7-10H2,(H,25,26). The van der Waals surface area contributed by atoms with E-state index >= 15 is 0 Å². The Morgan fingerprint density at radius 3 is 2.77 bits per heavy atom. The number of hydrogen-bond donors (Lipinski definition) is 2. The van der Waals surface area contributed by atoms with Crippen molar-refractivity contribution in [3.8, 4) is 11.4 Å². The Bertz CT molecular complexity index is 1060. The summed E-state index contributed by atoms with van der Waals surface area (Å²) in [6, 6.07) is 9.80. The maximum Gasteiger partial charge on any atom is 0.146 e. The number of nitrogens with zero attached hydrogens (tertiary/aromatic N) is 3. The van der Waals surface area contributed by atoms with Crippen molar-refractivity contribution in [3.05, 3.63) is 58.5 Å². The molecule has 30 heavy (non-hydrogen) atoms. The zero-order valence-electron chi connectivity index (χ0n) is 16.2. The van der Waals surface area contributed by atoms with Crippen LogP contribution in [0.4, 0.5) is 17.2 Å². The highest BCUT2D eigenvalue weighted by Gasteiger charge is 2.23. The molecule has 2 N–H and O–H groups in total. The van der Waals surface area contributed by atoms with Gasteiger partial charge in [0, 0.05) is 35.4 Å². The number of hydrogen-bond acceptors (Lipinski definition) is 8. The summed E-state index contributed by atoms with van der Waals surface area (Å²) >= 11 is 1.53. The van der Waals surface area contributed by atoms with Crippen LogP contribution in [0.2, 0.25) is 0 Å². The van der Waals surface area contributed by atoms with Crippen molar-refractivity contribution < 1.29 is 9.53 Å². The second-order valence-electron chi connectivity index (χ2n) is 7.12. The van der Waals surface area contributed by atoms with Gasteiger partial charge in [-0.05, 0) is 48.2 Å². The van der Waals surface area contributed by atoms with E-state index in [9.17, 15) is 4.79 Å². The minimum absolute atomic E-state index is 0.447. The van der Waals surface area contributed by atoms with Crippen LogP contribution in [0.25, 0.3) is 17.5 Å². The number of carbonyl (C=O) groups excluding carboxylic acids is 1. The summed E-state index contributed by atoms with van der Waals surface area (Å²) in [5.74, 6) is 0.656. The van der Waals surface area contributed by atoms with Crippen molar-refractivity contribution in [2.24, 2.45) is 0 Å². The first-order valence-corrected chi connectivity index (χ1v) is 10.8. The molecule has 4 heterocycles. The second-order valence-corrected chi connectivity index (χ2v) is 7.84. The molecule has 1 aromatic carbocycles. The van der Waals surface area contributed by atoms with E-state index < -0.39 is 6.04 Å². The molecule has 2 aliphatic rings. The molecular formula is C22H21N5O2S. The number of benzene rings is 1. The first-order valence-electron chi connectivity index (χ1n) is 9.83. The molecule has 0 radical (unpaired) electrons. The predicted molar refractivity (Wildman–Crippen MR) is 119 cm³/mol. The maximum absolute atomic E-state index is 11.7. The van der Waals surface area contributed by atoms with E-state index in [0.29, 0.717) is 5.82 Å². The first kappa shape index (κ1) is 18.8. The topological polar surface area (TPSA) is 79.4 Å². The van der Waals surface area contributed by atoms with Crippen molar-refractivity contribution in [2.75, 3.05) is 36.5 Å². The number of rotatable bonds is 5. The summed E-state index contributed by atoms with van der Waals surface area (Å²) in [7, 11) is 0. The molecule has 0 amide bonds. The highest BCUT2D eigenvalue weighted by atomic mass is 32.1. The Hall–Kier alpha value is -3.23. The molecule has 2 aromatic heterocycles. The molecule has 1 unspecified atom stereocenters. The molecule has 1 saturated heterocycles. The Labute approximate surface area is 178 Å². The van der Waals surface area contributed by atoms with Gasteiger partial charge >= 0.3 is 0 Å². The summed E-state index contributed by atoms with van der Waals surface area (Å²) in [4.78, 5) is 23.2. The number of carbonyl (C=O) groups is 1. The van der Waals surface area contributed by atoms with Crippen LogP contribution in [0.1, 0.15) is 17.2 Å². The summed E-state index contributed by atoms with van der Waals surface area (Å²) in [5.41, 5.74) is 7.27. The average Bonchev–Trinajstić information content (AvgIpc) is 3.35. The number of thiazole rings is 1. The van der Waals surface area contributed by atoms with Crippen LogP contribution in [0.5, 0.6) is 0 Å². The predicted octanol–water partition coefficient (Wildman–Crippen LogP) is 3.60. The Kier molecular flexibility index (Phi) is 5.17. The fraction of sp³-hybridized carbons (Fsp3) is 0.227. The van der Waals surface area contributed by atoms with Crippen LogP contribution in [0.15, 0.2) is 47.4 Å². The fourth-order valence-corrected chi connectivity index (χ4v) is 4.30. The molecule has 1 fully saturated rings. The molecule has 0 saturated carbocycles. The van der Waals surface area contributed by atoms with E-state index in [1.807, 2.05) is 29.7 Å². The third-order valence-electron chi connectivity index (χ3n) is 5.28. The monoisotopic (exact) mass is 419 g/mol. The number of aromatic nitrogens is 2. The Morgan fingerprint density at radius 2 is 2.03 bits per heavy atom. The lowest BCUT2D eigenvalue weighted by molar-refractivity contribution is -0.109. The first-order chi connectivity index (χ1) is 14.8. The van der Waals surface area contributed by atoms with E-state index in [1.165, 1.54) is 17.0 Å². The van der Waals surface area contributed by atoms with Gasteiger partial charge in [0.25, 0.3) is 0 Å². The van der Waals surface area contributed by atoms with Gasteiger partial charge < -0.3 is 25.1 Å². The maximum atomic E-state index is 11.7. The molecule has 0 aliphatic carbocycles. The molecule has 3 aromatic rings. The minimum Gasteiger partial charge on any atom is -0.378 e. The summed E-state index contributed by atoms with van der Waals surface area (Å²) in [6.45, 7) is 3.31. The normalized spacial score (nSPS) is 17.9. The van der Waals surface area contributed by atoms with Crippen molar-refractivity contribution in [1.29, 1.82) is 0 Å². The van der Waals surface area contributed by atoms with Crippen molar-refractivity contribution in [1.82, 2.24) is 15.3 Å². The summed E-state index contributed by atoms with van der Waals surface area (Å²) < 4.78 is 5.43. The van der Waals surface area contributed by atoms with Crippen LogP contribution in [-0.4, -0.2) is 42.6 Å². The van der Waals surface area contributed by atoms with E-state index in [0.717, 1.165) is 60.8 Å². The van der Waals surface area contributed by atoms with Gasteiger partial charge in [-0.15, -0.1) is 11.3 Å². The van der Waals surface area contributed by atoms with Crippen molar-refractivity contribution in [2.45, 2.75) is 6.04 Å². The zero-order valence-corrected chi connectivity index (χ0v) is 17.1. The van der Waals surface area contributed by atoms with Gasteiger partial charge in [0.1, 0.15) is 18.1 Å². The quantitative estimate of drug-likeness (QED) is 0.612. The molecule has 2 aliphatic heterocycles. The number of pyridine rings is 1. The van der Waals surface area contributed by atoms with Gasteiger partial charge in [0.2, 0.25) is 0 Å².